The lowest BCUT2D eigenvalue weighted by molar-refractivity contribution is -0.274. The minimum Gasteiger partial charge on any atom is -0.406 e. The monoisotopic (exact) mass is 456 g/mol. The molecule has 3 aromatic carbocycles. The molecule has 0 unspecified atom stereocenters. The Morgan fingerprint density at radius 3 is 2.33 bits per heavy atom. The van der Waals surface area contributed by atoms with Gasteiger partial charge in [-0.25, -0.2) is 0 Å². The number of benzene rings is 3. The topological polar surface area (TPSA) is 50.4 Å². The summed E-state index contributed by atoms with van der Waals surface area (Å²) in [5.74, 6) is -0.648. The second kappa shape index (κ2) is 9.83. The van der Waals surface area contributed by atoms with Gasteiger partial charge in [-0.15, -0.1) is 13.2 Å². The van der Waals surface area contributed by atoms with Gasteiger partial charge in [0.15, 0.2) is 0 Å². The Kier molecular flexibility index (Phi) is 6.88. The molecule has 4 rings (SSSR count). The minimum atomic E-state index is -4.76. The molecule has 0 bridgehead atoms. The van der Waals surface area contributed by atoms with Crippen LogP contribution in [0.15, 0.2) is 66.7 Å². The highest BCUT2D eigenvalue weighted by Crippen LogP contribution is 2.27. The minimum absolute atomic E-state index is 0.0604. The first kappa shape index (κ1) is 23.1. The van der Waals surface area contributed by atoms with Crippen molar-refractivity contribution in [3.05, 3.63) is 77.9 Å². The third-order valence-electron chi connectivity index (χ3n) is 6.19. The number of rotatable bonds is 6. The highest BCUT2D eigenvalue weighted by atomic mass is 19.4. The van der Waals surface area contributed by atoms with Gasteiger partial charge in [-0.1, -0.05) is 55.3 Å². The van der Waals surface area contributed by atoms with Crippen molar-refractivity contribution < 1.29 is 22.7 Å². The van der Waals surface area contributed by atoms with Gasteiger partial charge in [-0.3, -0.25) is 4.79 Å². The van der Waals surface area contributed by atoms with Crippen molar-refractivity contribution in [3.8, 4) is 5.75 Å². The number of carbonyl (C=O) groups is 1. The van der Waals surface area contributed by atoms with E-state index in [2.05, 4.69) is 52.6 Å². The first-order valence-corrected chi connectivity index (χ1v) is 11.2. The average Bonchev–Trinajstić information content (AvgIpc) is 2.79. The maximum atomic E-state index is 12.8. The van der Waals surface area contributed by atoms with Crippen molar-refractivity contribution in [1.82, 2.24) is 10.6 Å². The van der Waals surface area contributed by atoms with E-state index >= 15 is 0 Å². The summed E-state index contributed by atoms with van der Waals surface area (Å²) in [6.07, 6.45) is -0.870. The highest BCUT2D eigenvalue weighted by Gasteiger charge is 2.31. The van der Waals surface area contributed by atoms with Crippen molar-refractivity contribution in [2.75, 3.05) is 0 Å². The molecule has 7 heteroatoms. The van der Waals surface area contributed by atoms with E-state index in [0.717, 1.165) is 37.8 Å². The highest BCUT2D eigenvalue weighted by molar-refractivity contribution is 5.94. The third-order valence-corrected chi connectivity index (χ3v) is 6.19. The van der Waals surface area contributed by atoms with Crippen LogP contribution in [0.25, 0.3) is 10.8 Å². The molecular weight excluding hydrogens is 429 g/mol. The van der Waals surface area contributed by atoms with Crippen LogP contribution in [0.3, 0.4) is 0 Å². The summed E-state index contributed by atoms with van der Waals surface area (Å²) in [6.45, 7) is 2.13. The normalized spacial score (nSPS) is 19.8. The molecule has 1 saturated carbocycles. The lowest BCUT2D eigenvalue weighted by Gasteiger charge is -2.35. The standard InChI is InChI=1S/C26H27F3N2O2/c1-17(21-10-6-8-18-7-2-3-9-22(18)21)30-23-11-4-5-12-24(23)31-25(32)19-13-15-20(16-14-19)33-26(27,28)29/h2-3,6-10,13-17,23-24,30H,4-5,11-12H2,1H3,(H,31,32)/t17-,23+,24+/m1/s1. The smallest absolute Gasteiger partial charge is 0.406 e. The molecule has 0 aromatic heterocycles. The SMILES string of the molecule is C[C@@H](N[C@H]1CCCC[C@@H]1NC(=O)c1ccc(OC(F)(F)F)cc1)c1cccc2ccccc12. The molecule has 0 radical (unpaired) electrons. The molecule has 0 saturated heterocycles. The number of alkyl halides is 3. The van der Waals surface area contributed by atoms with E-state index in [1.165, 1.54) is 28.5 Å². The van der Waals surface area contributed by atoms with Crippen molar-refractivity contribution in [2.45, 2.75) is 57.1 Å². The fourth-order valence-electron chi connectivity index (χ4n) is 4.60. The zero-order valence-electron chi connectivity index (χ0n) is 18.4. The van der Waals surface area contributed by atoms with Crippen molar-refractivity contribution >= 4 is 16.7 Å². The number of fused-ring (bicyclic) bond motifs is 1. The second-order valence-corrected chi connectivity index (χ2v) is 8.50. The molecule has 1 fully saturated rings. The van der Waals surface area contributed by atoms with Gasteiger partial charge in [0.2, 0.25) is 0 Å². The van der Waals surface area contributed by atoms with Gasteiger partial charge in [-0.2, -0.15) is 0 Å². The van der Waals surface area contributed by atoms with E-state index in [4.69, 9.17) is 0 Å². The molecule has 1 aliphatic carbocycles. The van der Waals surface area contributed by atoms with Crippen molar-refractivity contribution in [2.24, 2.45) is 0 Å². The van der Waals surface area contributed by atoms with Gasteiger partial charge in [0, 0.05) is 23.7 Å². The van der Waals surface area contributed by atoms with Crippen LogP contribution in [0.1, 0.15) is 54.6 Å². The van der Waals surface area contributed by atoms with Crippen molar-refractivity contribution in [1.29, 1.82) is 0 Å². The predicted molar refractivity (Wildman–Crippen MR) is 122 cm³/mol. The Bertz CT molecular complexity index is 1090. The maximum Gasteiger partial charge on any atom is 0.573 e. The van der Waals surface area contributed by atoms with Crippen LogP contribution < -0.4 is 15.4 Å². The summed E-state index contributed by atoms with van der Waals surface area (Å²) in [6, 6.07) is 19.7. The van der Waals surface area contributed by atoms with Crippen LogP contribution in [0.2, 0.25) is 0 Å². The van der Waals surface area contributed by atoms with Crippen LogP contribution in [0.5, 0.6) is 5.75 Å². The van der Waals surface area contributed by atoms with Gasteiger partial charge in [0.05, 0.1) is 0 Å². The molecule has 3 atom stereocenters. The Labute approximate surface area is 191 Å². The number of halogens is 3. The Balaban J connectivity index is 1.43. The quantitative estimate of drug-likeness (QED) is 0.469. The van der Waals surface area contributed by atoms with E-state index in [1.807, 2.05) is 12.1 Å². The van der Waals surface area contributed by atoms with E-state index in [0.29, 0.717) is 5.56 Å². The number of carbonyl (C=O) groups excluding carboxylic acids is 1. The largest absolute Gasteiger partial charge is 0.573 e. The Hall–Kier alpha value is -3.06. The van der Waals surface area contributed by atoms with E-state index < -0.39 is 6.36 Å². The summed E-state index contributed by atoms with van der Waals surface area (Å²) < 4.78 is 40.9. The van der Waals surface area contributed by atoms with Crippen LogP contribution in [0, 0.1) is 0 Å². The fraction of sp³-hybridized carbons (Fsp3) is 0.346. The van der Waals surface area contributed by atoms with Gasteiger partial charge >= 0.3 is 6.36 Å². The Morgan fingerprint density at radius 1 is 0.939 bits per heavy atom. The fourth-order valence-corrected chi connectivity index (χ4v) is 4.60. The van der Waals surface area contributed by atoms with Crippen LogP contribution in [-0.4, -0.2) is 24.4 Å². The summed E-state index contributed by atoms with van der Waals surface area (Å²) in [4.78, 5) is 12.8. The van der Waals surface area contributed by atoms with E-state index in [-0.39, 0.29) is 29.8 Å². The zero-order valence-corrected chi connectivity index (χ0v) is 18.4. The predicted octanol–water partition coefficient (Wildman–Crippen LogP) is 6.13. The molecule has 0 spiro atoms. The Morgan fingerprint density at radius 2 is 1.61 bits per heavy atom. The molecule has 33 heavy (non-hydrogen) atoms. The van der Waals surface area contributed by atoms with Gasteiger partial charge in [-0.05, 0) is 60.4 Å². The zero-order chi connectivity index (χ0) is 23.4. The van der Waals surface area contributed by atoms with Gasteiger partial charge in [0.25, 0.3) is 5.91 Å². The third kappa shape index (κ3) is 5.85. The van der Waals surface area contributed by atoms with Gasteiger partial charge < -0.3 is 15.4 Å². The van der Waals surface area contributed by atoms with Gasteiger partial charge in [0.1, 0.15) is 5.75 Å². The second-order valence-electron chi connectivity index (χ2n) is 8.50. The average molecular weight is 457 g/mol. The molecule has 0 heterocycles. The molecular formula is C26H27F3N2O2. The molecule has 2 N–H and O–H groups in total. The number of hydrogen-bond donors (Lipinski definition) is 2. The number of hydrogen-bond acceptors (Lipinski definition) is 3. The van der Waals surface area contributed by atoms with Crippen LogP contribution in [-0.2, 0) is 0 Å². The summed E-state index contributed by atoms with van der Waals surface area (Å²) in [5, 5.41) is 9.19. The molecule has 0 aliphatic heterocycles. The molecule has 1 aliphatic rings. The molecule has 1 amide bonds. The lowest BCUT2D eigenvalue weighted by atomic mass is 9.88. The number of nitrogens with one attached hydrogen (secondary N) is 2. The number of amides is 1. The first-order valence-electron chi connectivity index (χ1n) is 11.2. The first-order chi connectivity index (χ1) is 15.8. The maximum absolute atomic E-state index is 12.8. The molecule has 3 aromatic rings. The summed E-state index contributed by atoms with van der Waals surface area (Å²) in [7, 11) is 0. The lowest BCUT2D eigenvalue weighted by Crippen LogP contribution is -2.52. The summed E-state index contributed by atoms with van der Waals surface area (Å²) in [5.41, 5.74) is 1.51. The molecule has 174 valence electrons. The van der Waals surface area contributed by atoms with E-state index in [1.54, 1.807) is 0 Å². The number of ether oxygens (including phenoxy) is 1. The van der Waals surface area contributed by atoms with E-state index in [9.17, 15) is 18.0 Å². The van der Waals surface area contributed by atoms with Crippen LogP contribution in [0.4, 0.5) is 13.2 Å². The van der Waals surface area contributed by atoms with Crippen molar-refractivity contribution in [3.63, 3.8) is 0 Å². The van der Waals surface area contributed by atoms with Crippen LogP contribution >= 0.6 is 0 Å². The molecule has 4 nitrogen and oxygen atoms in total. The summed E-state index contributed by atoms with van der Waals surface area (Å²) >= 11 is 0.